The fraction of sp³-hybridized carbons (Fsp3) is 0.500. The van der Waals surface area contributed by atoms with Crippen LogP contribution < -0.4 is 4.90 Å². The van der Waals surface area contributed by atoms with Crippen LogP contribution in [0.3, 0.4) is 0 Å². The van der Waals surface area contributed by atoms with Gasteiger partial charge in [-0.1, -0.05) is 30.9 Å². The van der Waals surface area contributed by atoms with Crippen molar-refractivity contribution in [1.82, 2.24) is 9.97 Å². The number of anilines is 2. The molecule has 0 spiro atoms. The molecule has 0 saturated heterocycles. The maximum atomic E-state index is 11.1. The molecule has 1 aromatic carbocycles. The smallest absolute Gasteiger partial charge is 0.130 e. The number of nitrogens with zero attached hydrogens (tertiary/aromatic N) is 3. The monoisotopic (exact) mass is 375 g/mol. The zero-order chi connectivity index (χ0) is 18.4. The number of aromatic nitrogens is 2. The van der Waals surface area contributed by atoms with E-state index in [1.807, 2.05) is 36.7 Å². The van der Waals surface area contributed by atoms with Crippen LogP contribution in [0.2, 0.25) is 5.02 Å². The number of ether oxygens (including phenoxy) is 1. The van der Waals surface area contributed by atoms with Crippen molar-refractivity contribution in [1.29, 1.82) is 0 Å². The highest BCUT2D eigenvalue weighted by Gasteiger charge is 2.32. The van der Waals surface area contributed by atoms with Gasteiger partial charge in [-0.2, -0.15) is 0 Å². The number of benzene rings is 1. The number of hydrogen-bond donors (Lipinski definition) is 1. The van der Waals surface area contributed by atoms with E-state index in [1.54, 1.807) is 7.11 Å². The zero-order valence-corrected chi connectivity index (χ0v) is 16.0. The first-order valence-electron chi connectivity index (χ1n) is 9.15. The van der Waals surface area contributed by atoms with Crippen molar-refractivity contribution < 1.29 is 9.84 Å². The van der Waals surface area contributed by atoms with E-state index in [0.717, 1.165) is 42.9 Å². The molecule has 1 aromatic heterocycles. The second kappa shape index (κ2) is 8.80. The van der Waals surface area contributed by atoms with Crippen LogP contribution >= 0.6 is 11.6 Å². The molecule has 0 atom stereocenters. The Morgan fingerprint density at radius 3 is 2.35 bits per heavy atom. The summed E-state index contributed by atoms with van der Waals surface area (Å²) in [7, 11) is 1.67. The molecular formula is C20H26ClN3O2. The van der Waals surface area contributed by atoms with Crippen LogP contribution in [0.5, 0.6) is 0 Å². The molecule has 0 radical (unpaired) electrons. The Kier molecular flexibility index (Phi) is 6.46. The normalized spacial score (nSPS) is 16.4. The summed E-state index contributed by atoms with van der Waals surface area (Å²) in [5, 5.41) is 11.8. The molecule has 0 aliphatic heterocycles. The fourth-order valence-electron chi connectivity index (χ4n) is 3.42. The number of methoxy groups -OCH3 is 1. The third-order valence-corrected chi connectivity index (χ3v) is 5.16. The van der Waals surface area contributed by atoms with Crippen LogP contribution in [0.15, 0.2) is 36.7 Å². The van der Waals surface area contributed by atoms with Crippen molar-refractivity contribution in [2.24, 2.45) is 0 Å². The van der Waals surface area contributed by atoms with Gasteiger partial charge in [-0.3, -0.25) is 0 Å². The summed E-state index contributed by atoms with van der Waals surface area (Å²) in [6.07, 6.45) is 9.29. The lowest BCUT2D eigenvalue weighted by Gasteiger charge is -2.37. The van der Waals surface area contributed by atoms with E-state index in [-0.39, 0.29) is 0 Å². The third-order valence-electron chi connectivity index (χ3n) is 4.91. The zero-order valence-electron chi connectivity index (χ0n) is 15.2. The van der Waals surface area contributed by atoms with Gasteiger partial charge in [0.15, 0.2) is 0 Å². The minimum atomic E-state index is -0.688. The molecular weight excluding hydrogens is 350 g/mol. The van der Waals surface area contributed by atoms with Crippen LogP contribution in [-0.4, -0.2) is 40.9 Å². The van der Waals surface area contributed by atoms with Crippen molar-refractivity contribution in [3.05, 3.63) is 47.5 Å². The van der Waals surface area contributed by atoms with Crippen LogP contribution in [-0.2, 0) is 11.2 Å². The Balaban J connectivity index is 1.85. The van der Waals surface area contributed by atoms with Gasteiger partial charge in [0.1, 0.15) is 5.82 Å². The first-order chi connectivity index (χ1) is 12.6. The van der Waals surface area contributed by atoms with Crippen LogP contribution in [0.1, 0.15) is 37.9 Å². The van der Waals surface area contributed by atoms with Gasteiger partial charge in [-0.25, -0.2) is 9.97 Å². The van der Waals surface area contributed by atoms with Gasteiger partial charge in [0.05, 0.1) is 36.8 Å². The summed E-state index contributed by atoms with van der Waals surface area (Å²) in [5.41, 5.74) is 1.15. The molecule has 2 aromatic rings. The topological polar surface area (TPSA) is 58.5 Å². The van der Waals surface area contributed by atoms with Gasteiger partial charge >= 0.3 is 0 Å². The Morgan fingerprint density at radius 2 is 1.73 bits per heavy atom. The lowest BCUT2D eigenvalue weighted by Crippen LogP contribution is -2.43. The standard InChI is InChI=1S/C20H26ClN3O2/c1-26-12-9-19-22-13-18(14-23-19)24(17-7-5-16(21)6-8-17)15-20(25)10-3-2-4-11-20/h5-8,13-14,25H,2-4,9-12,15H2,1H3. The average molecular weight is 376 g/mol. The second-order valence-electron chi connectivity index (χ2n) is 6.95. The van der Waals surface area contributed by atoms with E-state index in [4.69, 9.17) is 16.3 Å². The molecule has 1 aliphatic carbocycles. The first-order valence-corrected chi connectivity index (χ1v) is 9.53. The van der Waals surface area contributed by atoms with E-state index < -0.39 is 5.60 Å². The minimum absolute atomic E-state index is 0.523. The maximum absolute atomic E-state index is 11.1. The molecule has 0 bridgehead atoms. The molecule has 1 aliphatic rings. The SMILES string of the molecule is COCCc1ncc(N(CC2(O)CCCCC2)c2ccc(Cl)cc2)cn1. The van der Waals surface area contributed by atoms with Crippen molar-refractivity contribution in [2.75, 3.05) is 25.2 Å². The largest absolute Gasteiger partial charge is 0.388 e. The number of halogens is 1. The predicted molar refractivity (Wildman–Crippen MR) is 104 cm³/mol. The van der Waals surface area contributed by atoms with Crippen LogP contribution in [0.25, 0.3) is 0 Å². The molecule has 0 amide bonds. The molecule has 26 heavy (non-hydrogen) atoms. The molecule has 3 rings (SSSR count). The highest BCUT2D eigenvalue weighted by molar-refractivity contribution is 6.30. The Labute approximate surface area is 160 Å². The predicted octanol–water partition coefficient (Wildman–Crippen LogP) is 4.15. The summed E-state index contributed by atoms with van der Waals surface area (Å²) in [4.78, 5) is 11.0. The van der Waals surface area contributed by atoms with Crippen molar-refractivity contribution >= 4 is 23.0 Å². The lowest BCUT2D eigenvalue weighted by atomic mass is 9.84. The Hall–Kier alpha value is -1.69. The first kappa shape index (κ1) is 19.1. The van der Waals surface area contributed by atoms with Crippen molar-refractivity contribution in [2.45, 2.75) is 44.1 Å². The number of hydrogen-bond acceptors (Lipinski definition) is 5. The van der Waals surface area contributed by atoms with Gasteiger partial charge in [0, 0.05) is 24.2 Å². The summed E-state index contributed by atoms with van der Waals surface area (Å²) in [6.45, 7) is 1.12. The highest BCUT2D eigenvalue weighted by Crippen LogP contribution is 2.34. The van der Waals surface area contributed by atoms with E-state index in [2.05, 4.69) is 14.9 Å². The molecule has 140 valence electrons. The molecule has 0 unspecified atom stereocenters. The second-order valence-corrected chi connectivity index (χ2v) is 7.38. The van der Waals surface area contributed by atoms with Gasteiger partial charge in [-0.15, -0.1) is 0 Å². The van der Waals surface area contributed by atoms with Crippen molar-refractivity contribution in [3.63, 3.8) is 0 Å². The minimum Gasteiger partial charge on any atom is -0.388 e. The molecule has 1 saturated carbocycles. The van der Waals surface area contributed by atoms with Gasteiger partial charge in [0.2, 0.25) is 0 Å². The van der Waals surface area contributed by atoms with Gasteiger partial charge < -0.3 is 14.7 Å². The van der Waals surface area contributed by atoms with Gasteiger partial charge in [-0.05, 0) is 37.1 Å². The highest BCUT2D eigenvalue weighted by atomic mass is 35.5. The van der Waals surface area contributed by atoms with E-state index in [1.165, 1.54) is 6.42 Å². The maximum Gasteiger partial charge on any atom is 0.130 e. The third kappa shape index (κ3) is 4.93. The van der Waals surface area contributed by atoms with E-state index in [9.17, 15) is 5.11 Å². The van der Waals surface area contributed by atoms with Crippen molar-refractivity contribution in [3.8, 4) is 0 Å². The molecule has 1 fully saturated rings. The number of rotatable bonds is 7. The lowest BCUT2D eigenvalue weighted by molar-refractivity contribution is 0.0128. The Morgan fingerprint density at radius 1 is 1.08 bits per heavy atom. The molecule has 6 heteroatoms. The summed E-state index contributed by atoms with van der Waals surface area (Å²) in [5.74, 6) is 0.753. The van der Waals surface area contributed by atoms with Crippen LogP contribution in [0.4, 0.5) is 11.4 Å². The summed E-state index contributed by atoms with van der Waals surface area (Å²) in [6, 6.07) is 7.66. The van der Waals surface area contributed by atoms with Gasteiger partial charge in [0.25, 0.3) is 0 Å². The van der Waals surface area contributed by atoms with E-state index >= 15 is 0 Å². The number of aliphatic hydroxyl groups is 1. The quantitative estimate of drug-likeness (QED) is 0.787. The molecule has 1 heterocycles. The van der Waals surface area contributed by atoms with E-state index in [0.29, 0.717) is 24.6 Å². The molecule has 5 nitrogen and oxygen atoms in total. The van der Waals surface area contributed by atoms with Crippen LogP contribution in [0, 0.1) is 0 Å². The molecule has 1 N–H and O–H groups in total. The summed E-state index contributed by atoms with van der Waals surface area (Å²) < 4.78 is 5.08. The average Bonchev–Trinajstić information content (AvgIpc) is 2.66. The Bertz CT molecular complexity index is 685. The summed E-state index contributed by atoms with van der Waals surface area (Å²) >= 11 is 6.05. The fourth-order valence-corrected chi connectivity index (χ4v) is 3.55.